The van der Waals surface area contributed by atoms with Gasteiger partial charge in [-0.1, -0.05) is 0 Å². The van der Waals surface area contributed by atoms with Crippen LogP contribution >= 0.6 is 0 Å². The van der Waals surface area contributed by atoms with Gasteiger partial charge < -0.3 is 15.0 Å². The number of aromatic amines is 1. The molecule has 1 saturated heterocycles. The minimum absolute atomic E-state index is 0.402. The molecule has 88 valence electrons. The first-order chi connectivity index (χ1) is 8.27. The second-order valence-electron chi connectivity index (χ2n) is 4.40. The van der Waals surface area contributed by atoms with E-state index in [0.29, 0.717) is 5.56 Å². The lowest BCUT2D eigenvalue weighted by Gasteiger charge is -2.21. The number of nitrogens with one attached hydrogen (secondary N) is 1. The number of nitrogens with zero attached hydrogens (tertiary/aromatic N) is 1. The number of benzene rings is 1. The molecular formula is C13H14N2O2. The number of aromatic carboxylic acids is 1. The maximum Gasteiger partial charge on any atom is 0.337 e. The van der Waals surface area contributed by atoms with Gasteiger partial charge in [0, 0.05) is 30.2 Å². The molecule has 0 radical (unpaired) electrons. The highest BCUT2D eigenvalue weighted by Gasteiger charge is 2.21. The van der Waals surface area contributed by atoms with Crippen LogP contribution in [0.1, 0.15) is 23.2 Å². The highest BCUT2D eigenvalue weighted by Crippen LogP contribution is 2.32. The Kier molecular flexibility index (Phi) is 2.28. The number of anilines is 1. The Balaban J connectivity index is 2.25. The third-order valence-corrected chi connectivity index (χ3v) is 3.36. The van der Waals surface area contributed by atoms with E-state index in [1.165, 1.54) is 0 Å². The van der Waals surface area contributed by atoms with Crippen LogP contribution in [0.4, 0.5) is 5.69 Å². The predicted molar refractivity (Wildman–Crippen MR) is 66.7 cm³/mol. The minimum atomic E-state index is -0.852. The van der Waals surface area contributed by atoms with E-state index in [0.717, 1.165) is 42.5 Å². The van der Waals surface area contributed by atoms with Crippen LogP contribution < -0.4 is 4.90 Å². The lowest BCUT2D eigenvalue weighted by atomic mass is 10.1. The minimum Gasteiger partial charge on any atom is -0.478 e. The van der Waals surface area contributed by atoms with Crippen molar-refractivity contribution in [2.45, 2.75) is 12.8 Å². The fourth-order valence-corrected chi connectivity index (χ4v) is 2.57. The molecule has 1 aromatic carbocycles. The molecule has 2 N–H and O–H groups in total. The number of carboxylic acids is 1. The van der Waals surface area contributed by atoms with Crippen molar-refractivity contribution in [2.24, 2.45) is 0 Å². The van der Waals surface area contributed by atoms with Crippen molar-refractivity contribution >= 4 is 22.6 Å². The maximum absolute atomic E-state index is 11.3. The first-order valence-corrected chi connectivity index (χ1v) is 5.86. The summed E-state index contributed by atoms with van der Waals surface area (Å²) in [5.74, 6) is -0.852. The second-order valence-corrected chi connectivity index (χ2v) is 4.40. The van der Waals surface area contributed by atoms with E-state index in [9.17, 15) is 9.90 Å². The molecule has 3 rings (SSSR count). The molecule has 1 fully saturated rings. The van der Waals surface area contributed by atoms with E-state index in [4.69, 9.17) is 0 Å². The number of hydrogen-bond donors (Lipinski definition) is 2. The zero-order valence-corrected chi connectivity index (χ0v) is 9.44. The summed E-state index contributed by atoms with van der Waals surface area (Å²) in [5, 5.41) is 10.3. The van der Waals surface area contributed by atoms with Gasteiger partial charge in [0.15, 0.2) is 0 Å². The fraction of sp³-hybridized carbons (Fsp3) is 0.308. The third-order valence-electron chi connectivity index (χ3n) is 3.36. The van der Waals surface area contributed by atoms with Crippen LogP contribution in [0.25, 0.3) is 10.9 Å². The van der Waals surface area contributed by atoms with Gasteiger partial charge in [0.2, 0.25) is 0 Å². The predicted octanol–water partition coefficient (Wildman–Crippen LogP) is 2.47. The first-order valence-electron chi connectivity index (χ1n) is 5.86. The molecule has 0 aliphatic carbocycles. The van der Waals surface area contributed by atoms with E-state index < -0.39 is 5.97 Å². The molecule has 2 aromatic rings. The Morgan fingerprint density at radius 1 is 1.24 bits per heavy atom. The maximum atomic E-state index is 11.3. The molecule has 0 atom stereocenters. The van der Waals surface area contributed by atoms with E-state index in [2.05, 4.69) is 9.88 Å². The van der Waals surface area contributed by atoms with Crippen LogP contribution in [-0.4, -0.2) is 29.1 Å². The van der Waals surface area contributed by atoms with E-state index in [1.807, 2.05) is 18.3 Å². The smallest absolute Gasteiger partial charge is 0.337 e. The average Bonchev–Trinajstić information content (AvgIpc) is 2.98. The van der Waals surface area contributed by atoms with Crippen LogP contribution in [0.5, 0.6) is 0 Å². The van der Waals surface area contributed by atoms with Gasteiger partial charge >= 0.3 is 5.97 Å². The molecule has 4 heteroatoms. The van der Waals surface area contributed by atoms with Gasteiger partial charge in [-0.25, -0.2) is 4.79 Å². The van der Waals surface area contributed by atoms with Crippen molar-refractivity contribution in [3.8, 4) is 0 Å². The van der Waals surface area contributed by atoms with Crippen molar-refractivity contribution < 1.29 is 9.90 Å². The van der Waals surface area contributed by atoms with Gasteiger partial charge in [0.1, 0.15) is 0 Å². The van der Waals surface area contributed by atoms with Crippen LogP contribution in [0, 0.1) is 0 Å². The average molecular weight is 230 g/mol. The Bertz CT molecular complexity index is 568. The highest BCUT2D eigenvalue weighted by atomic mass is 16.4. The Labute approximate surface area is 98.9 Å². The molecule has 0 amide bonds. The van der Waals surface area contributed by atoms with Crippen molar-refractivity contribution in [3.05, 3.63) is 30.0 Å². The number of hydrogen-bond acceptors (Lipinski definition) is 2. The summed E-state index contributed by atoms with van der Waals surface area (Å²) in [6.45, 7) is 1.90. The molecule has 0 saturated carbocycles. The Morgan fingerprint density at radius 3 is 2.71 bits per heavy atom. The summed E-state index contributed by atoms with van der Waals surface area (Å²) < 4.78 is 0. The zero-order chi connectivity index (χ0) is 11.8. The molecular weight excluding hydrogens is 216 g/mol. The van der Waals surface area contributed by atoms with Gasteiger partial charge in [0.25, 0.3) is 0 Å². The Hall–Kier alpha value is -1.97. The molecule has 0 spiro atoms. The van der Waals surface area contributed by atoms with Gasteiger partial charge in [0.05, 0.1) is 11.3 Å². The van der Waals surface area contributed by atoms with Gasteiger partial charge in [-0.05, 0) is 31.0 Å². The number of H-pyrrole nitrogens is 1. The van der Waals surface area contributed by atoms with Crippen LogP contribution in [0.3, 0.4) is 0 Å². The topological polar surface area (TPSA) is 56.3 Å². The standard InChI is InChI=1S/C13H14N2O2/c16-13(17)10-3-4-11-9(5-6-14-11)12(10)15-7-1-2-8-15/h3-6,14H,1-2,7-8H2,(H,16,17). The monoisotopic (exact) mass is 230 g/mol. The summed E-state index contributed by atoms with van der Waals surface area (Å²) in [5.41, 5.74) is 2.27. The molecule has 1 aliphatic rings. The number of aromatic nitrogens is 1. The molecule has 1 aromatic heterocycles. The van der Waals surface area contributed by atoms with Crippen LogP contribution in [-0.2, 0) is 0 Å². The third kappa shape index (κ3) is 1.56. The van der Waals surface area contributed by atoms with Crippen molar-refractivity contribution in [1.29, 1.82) is 0 Å². The summed E-state index contributed by atoms with van der Waals surface area (Å²) >= 11 is 0. The number of carbonyl (C=O) groups is 1. The number of rotatable bonds is 2. The largest absolute Gasteiger partial charge is 0.478 e. The van der Waals surface area contributed by atoms with E-state index >= 15 is 0 Å². The van der Waals surface area contributed by atoms with Crippen molar-refractivity contribution in [3.63, 3.8) is 0 Å². The number of fused-ring (bicyclic) bond motifs is 1. The molecule has 0 unspecified atom stereocenters. The summed E-state index contributed by atoms with van der Waals surface area (Å²) in [4.78, 5) is 16.6. The van der Waals surface area contributed by atoms with Crippen LogP contribution in [0.2, 0.25) is 0 Å². The Morgan fingerprint density at radius 2 is 2.00 bits per heavy atom. The normalized spacial score (nSPS) is 15.6. The second kappa shape index (κ2) is 3.80. The molecule has 1 aliphatic heterocycles. The van der Waals surface area contributed by atoms with E-state index in [-0.39, 0.29) is 0 Å². The summed E-state index contributed by atoms with van der Waals surface area (Å²) in [6, 6.07) is 5.47. The first kappa shape index (κ1) is 10.2. The van der Waals surface area contributed by atoms with Crippen LogP contribution in [0.15, 0.2) is 24.4 Å². The molecule has 0 bridgehead atoms. The zero-order valence-electron chi connectivity index (χ0n) is 9.44. The van der Waals surface area contributed by atoms with E-state index in [1.54, 1.807) is 6.07 Å². The van der Waals surface area contributed by atoms with Crippen molar-refractivity contribution in [1.82, 2.24) is 4.98 Å². The van der Waals surface area contributed by atoms with Crippen molar-refractivity contribution in [2.75, 3.05) is 18.0 Å². The molecule has 17 heavy (non-hydrogen) atoms. The fourth-order valence-electron chi connectivity index (χ4n) is 2.57. The quantitative estimate of drug-likeness (QED) is 0.833. The number of carboxylic acid groups (broad SMARTS) is 1. The lowest BCUT2D eigenvalue weighted by Crippen LogP contribution is -2.20. The van der Waals surface area contributed by atoms with Gasteiger partial charge in [-0.2, -0.15) is 0 Å². The van der Waals surface area contributed by atoms with Gasteiger partial charge in [-0.3, -0.25) is 0 Å². The highest BCUT2D eigenvalue weighted by molar-refractivity contribution is 6.05. The SMILES string of the molecule is O=C(O)c1ccc2[nH]ccc2c1N1CCCC1. The lowest BCUT2D eigenvalue weighted by molar-refractivity contribution is 0.0697. The molecule has 4 nitrogen and oxygen atoms in total. The summed E-state index contributed by atoms with van der Waals surface area (Å²) in [7, 11) is 0. The molecule has 2 heterocycles. The summed E-state index contributed by atoms with van der Waals surface area (Å²) in [6.07, 6.45) is 4.13. The van der Waals surface area contributed by atoms with Gasteiger partial charge in [-0.15, -0.1) is 0 Å².